The van der Waals surface area contributed by atoms with Crippen LogP contribution in [-0.4, -0.2) is 11.9 Å². The summed E-state index contributed by atoms with van der Waals surface area (Å²) >= 11 is 0. The Balaban J connectivity index is 2.09. The average Bonchev–Trinajstić information content (AvgIpc) is 2.54. The Morgan fingerprint density at radius 1 is 1.57 bits per heavy atom. The number of carbonyl (C=O) groups excluding carboxylic acids is 1. The Morgan fingerprint density at radius 2 is 2.21 bits per heavy atom. The number of fused-ring (bicyclic) bond motifs is 1. The molecule has 0 aromatic heterocycles. The first-order valence-corrected chi connectivity index (χ1v) is 5.38. The monoisotopic (exact) mass is 193 g/mol. The quantitative estimate of drug-likeness (QED) is 0.635. The van der Waals surface area contributed by atoms with Gasteiger partial charge in [-0.25, -0.2) is 0 Å². The van der Waals surface area contributed by atoms with E-state index in [0.29, 0.717) is 5.41 Å². The van der Waals surface area contributed by atoms with Crippen molar-refractivity contribution in [3.63, 3.8) is 0 Å². The van der Waals surface area contributed by atoms with E-state index in [0.717, 1.165) is 18.3 Å². The molecule has 1 fully saturated rings. The zero-order valence-corrected chi connectivity index (χ0v) is 9.42. The van der Waals surface area contributed by atoms with E-state index in [2.05, 4.69) is 32.2 Å². The lowest BCUT2D eigenvalue weighted by atomic mass is 9.95. The van der Waals surface area contributed by atoms with E-state index in [1.807, 2.05) is 0 Å². The van der Waals surface area contributed by atoms with Crippen molar-refractivity contribution in [2.45, 2.75) is 40.2 Å². The first-order valence-electron chi connectivity index (χ1n) is 5.38. The molecule has 0 aromatic carbocycles. The Labute approximate surface area is 85.8 Å². The van der Waals surface area contributed by atoms with Crippen molar-refractivity contribution in [2.24, 2.45) is 17.3 Å². The first kappa shape index (κ1) is 9.75. The zero-order chi connectivity index (χ0) is 10.5. The van der Waals surface area contributed by atoms with Crippen LogP contribution in [0.25, 0.3) is 0 Å². The Hall–Kier alpha value is -0.790. The highest BCUT2D eigenvalue weighted by molar-refractivity contribution is 5.73. The fourth-order valence-electron chi connectivity index (χ4n) is 2.83. The third-order valence-electron chi connectivity index (χ3n) is 4.00. The molecule has 0 radical (unpaired) electrons. The number of hydrogen-bond acceptors (Lipinski definition) is 1. The molecule has 2 rings (SSSR count). The van der Waals surface area contributed by atoms with E-state index in [1.54, 1.807) is 6.92 Å². The predicted molar refractivity (Wildman–Crippen MR) is 56.7 cm³/mol. The second-order valence-corrected chi connectivity index (χ2v) is 5.35. The van der Waals surface area contributed by atoms with Gasteiger partial charge in [-0.15, -0.1) is 0 Å². The summed E-state index contributed by atoms with van der Waals surface area (Å²) in [4.78, 5) is 11.0. The number of nitrogens with one attached hydrogen (secondary N) is 1. The Bertz CT molecular complexity index is 303. The largest absolute Gasteiger partial charge is 0.350 e. The third-order valence-corrected chi connectivity index (χ3v) is 4.00. The standard InChI is InChI=1S/C12H19NO/c1-7-5-9-10(12(9,3)4)6-11(7)13-8(2)14/h5,9-11H,6H2,1-4H3,(H,13,14). The maximum absolute atomic E-state index is 11.0. The number of amides is 1. The van der Waals surface area contributed by atoms with E-state index in [-0.39, 0.29) is 11.9 Å². The molecule has 2 heteroatoms. The van der Waals surface area contributed by atoms with E-state index in [9.17, 15) is 4.79 Å². The lowest BCUT2D eigenvalue weighted by Crippen LogP contribution is -2.35. The van der Waals surface area contributed by atoms with Crippen LogP contribution in [0.4, 0.5) is 0 Å². The van der Waals surface area contributed by atoms with Crippen LogP contribution in [-0.2, 0) is 4.79 Å². The maximum Gasteiger partial charge on any atom is 0.217 e. The molecule has 1 amide bonds. The highest BCUT2D eigenvalue weighted by atomic mass is 16.1. The van der Waals surface area contributed by atoms with Crippen molar-refractivity contribution in [1.29, 1.82) is 0 Å². The second-order valence-electron chi connectivity index (χ2n) is 5.35. The third kappa shape index (κ3) is 1.37. The fraction of sp³-hybridized carbons (Fsp3) is 0.750. The van der Waals surface area contributed by atoms with Crippen LogP contribution in [0.15, 0.2) is 11.6 Å². The predicted octanol–water partition coefficient (Wildman–Crippen LogP) is 2.11. The number of hydrogen-bond donors (Lipinski definition) is 1. The summed E-state index contributed by atoms with van der Waals surface area (Å²) in [6.07, 6.45) is 3.48. The highest BCUT2D eigenvalue weighted by Gasteiger charge is 2.58. The van der Waals surface area contributed by atoms with Crippen LogP contribution in [0.1, 0.15) is 34.1 Å². The minimum absolute atomic E-state index is 0.0830. The lowest BCUT2D eigenvalue weighted by Gasteiger charge is -2.21. The van der Waals surface area contributed by atoms with Crippen LogP contribution in [0.3, 0.4) is 0 Å². The van der Waals surface area contributed by atoms with Gasteiger partial charge >= 0.3 is 0 Å². The Morgan fingerprint density at radius 3 is 2.79 bits per heavy atom. The fourth-order valence-corrected chi connectivity index (χ4v) is 2.83. The molecule has 0 saturated heterocycles. The summed E-state index contributed by atoms with van der Waals surface area (Å²) in [5, 5.41) is 3.02. The summed E-state index contributed by atoms with van der Waals surface area (Å²) in [6, 6.07) is 0.288. The van der Waals surface area contributed by atoms with Gasteiger partial charge in [0.2, 0.25) is 5.91 Å². The van der Waals surface area contributed by atoms with Crippen molar-refractivity contribution in [2.75, 3.05) is 0 Å². The zero-order valence-electron chi connectivity index (χ0n) is 9.42. The molecule has 2 aliphatic carbocycles. The van der Waals surface area contributed by atoms with Crippen molar-refractivity contribution >= 4 is 5.91 Å². The molecule has 1 N–H and O–H groups in total. The van der Waals surface area contributed by atoms with Crippen LogP contribution in [0.2, 0.25) is 0 Å². The lowest BCUT2D eigenvalue weighted by molar-refractivity contribution is -0.119. The Kier molecular flexibility index (Phi) is 1.98. The number of carbonyl (C=O) groups is 1. The summed E-state index contributed by atoms with van der Waals surface area (Å²) in [5.41, 5.74) is 1.81. The van der Waals surface area contributed by atoms with Gasteiger partial charge in [-0.05, 0) is 30.6 Å². The van der Waals surface area contributed by atoms with Gasteiger partial charge in [0.25, 0.3) is 0 Å². The first-order chi connectivity index (χ1) is 6.43. The minimum Gasteiger partial charge on any atom is -0.350 e. The average molecular weight is 193 g/mol. The molecule has 0 heterocycles. The van der Waals surface area contributed by atoms with Crippen LogP contribution in [0.5, 0.6) is 0 Å². The van der Waals surface area contributed by atoms with Gasteiger partial charge in [0, 0.05) is 6.92 Å². The molecule has 1 saturated carbocycles. The van der Waals surface area contributed by atoms with Gasteiger partial charge < -0.3 is 5.32 Å². The molecule has 78 valence electrons. The van der Waals surface area contributed by atoms with Gasteiger partial charge in [0.1, 0.15) is 0 Å². The van der Waals surface area contributed by atoms with E-state index in [1.165, 1.54) is 5.57 Å². The van der Waals surface area contributed by atoms with E-state index >= 15 is 0 Å². The molecule has 3 atom stereocenters. The molecule has 14 heavy (non-hydrogen) atoms. The second kappa shape index (κ2) is 2.85. The van der Waals surface area contributed by atoms with Gasteiger partial charge in [0.15, 0.2) is 0 Å². The van der Waals surface area contributed by atoms with Gasteiger partial charge in [-0.1, -0.05) is 25.5 Å². The van der Waals surface area contributed by atoms with Gasteiger partial charge in [-0.3, -0.25) is 4.79 Å². The number of rotatable bonds is 1. The van der Waals surface area contributed by atoms with Crippen LogP contribution < -0.4 is 5.32 Å². The molecule has 2 aliphatic rings. The van der Waals surface area contributed by atoms with E-state index in [4.69, 9.17) is 0 Å². The molecule has 2 nitrogen and oxygen atoms in total. The molecule has 3 unspecified atom stereocenters. The maximum atomic E-state index is 11.0. The topological polar surface area (TPSA) is 29.1 Å². The SMILES string of the molecule is CC(=O)NC1CC2C(C=C1C)C2(C)C. The minimum atomic E-state index is 0.0830. The number of allylic oxidation sites excluding steroid dienone is 1. The highest BCUT2D eigenvalue weighted by Crippen LogP contribution is 2.63. The van der Waals surface area contributed by atoms with Crippen molar-refractivity contribution < 1.29 is 4.79 Å². The molecule has 0 aromatic rings. The molecule has 0 spiro atoms. The molecule has 0 bridgehead atoms. The molecular weight excluding hydrogens is 174 g/mol. The normalized spacial score (nSPS) is 38.3. The van der Waals surface area contributed by atoms with E-state index < -0.39 is 0 Å². The van der Waals surface area contributed by atoms with Crippen molar-refractivity contribution in [3.05, 3.63) is 11.6 Å². The summed E-state index contributed by atoms with van der Waals surface area (Å²) in [6.45, 7) is 8.37. The van der Waals surface area contributed by atoms with Gasteiger partial charge in [-0.2, -0.15) is 0 Å². The van der Waals surface area contributed by atoms with Crippen molar-refractivity contribution in [3.8, 4) is 0 Å². The summed E-state index contributed by atoms with van der Waals surface area (Å²) in [5.74, 6) is 1.62. The molecular formula is C12H19NO. The summed E-state index contributed by atoms with van der Waals surface area (Å²) < 4.78 is 0. The summed E-state index contributed by atoms with van der Waals surface area (Å²) in [7, 11) is 0. The van der Waals surface area contributed by atoms with Crippen LogP contribution in [0, 0.1) is 17.3 Å². The smallest absolute Gasteiger partial charge is 0.217 e. The van der Waals surface area contributed by atoms with Crippen molar-refractivity contribution in [1.82, 2.24) is 5.32 Å². The van der Waals surface area contributed by atoms with Gasteiger partial charge in [0.05, 0.1) is 6.04 Å². The van der Waals surface area contributed by atoms with Crippen LogP contribution >= 0.6 is 0 Å². The molecule has 0 aliphatic heterocycles.